The minimum atomic E-state index is -0.241. The van der Waals surface area contributed by atoms with Crippen molar-refractivity contribution in [3.63, 3.8) is 0 Å². The van der Waals surface area contributed by atoms with Crippen molar-refractivity contribution in [3.05, 3.63) is 41.8 Å². The van der Waals surface area contributed by atoms with E-state index in [4.69, 9.17) is 9.84 Å². The number of hydrogen-bond donors (Lipinski definition) is 2. The highest BCUT2D eigenvalue weighted by molar-refractivity contribution is 7.13. The Bertz CT molecular complexity index is 587. The minimum absolute atomic E-state index is 0.0770. The lowest BCUT2D eigenvalue weighted by molar-refractivity contribution is 0.142. The molecule has 0 saturated carbocycles. The average Bonchev–Trinajstić information content (AvgIpc) is 3.06. The summed E-state index contributed by atoms with van der Waals surface area (Å²) in [5, 5.41) is 13.9. The number of aliphatic hydroxyl groups excluding tert-OH is 1. The molecular formula is C16H20N2O3S. The topological polar surface area (TPSA) is 61.8 Å². The standard InChI is InChI=1S/C16H20N2O3S/c1-21-10-8-18(7-9-19)16(20)17-14-5-2-4-13(12-14)15-6-3-11-22-15/h2-6,11-12,19H,7-10H2,1H3,(H,17,20). The van der Waals surface area contributed by atoms with Gasteiger partial charge in [0.2, 0.25) is 0 Å². The van der Waals surface area contributed by atoms with Gasteiger partial charge in [-0.2, -0.15) is 0 Å². The molecule has 5 nitrogen and oxygen atoms in total. The van der Waals surface area contributed by atoms with Crippen LogP contribution in [0.5, 0.6) is 0 Å². The van der Waals surface area contributed by atoms with Gasteiger partial charge in [-0.3, -0.25) is 0 Å². The molecule has 1 aromatic carbocycles. The second kappa shape index (κ2) is 8.53. The van der Waals surface area contributed by atoms with Crippen LogP contribution in [0.25, 0.3) is 10.4 Å². The summed E-state index contributed by atoms with van der Waals surface area (Å²) in [6.07, 6.45) is 0. The van der Waals surface area contributed by atoms with Gasteiger partial charge in [0.15, 0.2) is 0 Å². The van der Waals surface area contributed by atoms with Crippen LogP contribution >= 0.6 is 11.3 Å². The third kappa shape index (κ3) is 4.56. The Labute approximate surface area is 134 Å². The number of nitrogens with zero attached hydrogens (tertiary/aromatic N) is 1. The summed E-state index contributed by atoms with van der Waals surface area (Å²) in [6.45, 7) is 1.07. The third-order valence-corrected chi connectivity index (χ3v) is 4.06. The smallest absolute Gasteiger partial charge is 0.321 e. The van der Waals surface area contributed by atoms with Crippen LogP contribution in [0.15, 0.2) is 41.8 Å². The van der Waals surface area contributed by atoms with Crippen molar-refractivity contribution in [1.29, 1.82) is 0 Å². The molecule has 0 fully saturated rings. The summed E-state index contributed by atoms with van der Waals surface area (Å²) in [6, 6.07) is 11.5. The van der Waals surface area contributed by atoms with E-state index in [1.807, 2.05) is 41.8 Å². The molecule has 0 aliphatic rings. The van der Waals surface area contributed by atoms with E-state index in [1.165, 1.54) is 4.90 Å². The molecule has 0 aliphatic carbocycles. The van der Waals surface area contributed by atoms with Gasteiger partial charge in [-0.15, -0.1) is 11.3 Å². The molecule has 2 rings (SSSR count). The number of carbonyl (C=O) groups excluding carboxylic acids is 1. The van der Waals surface area contributed by atoms with Gasteiger partial charge in [0.05, 0.1) is 13.2 Å². The Morgan fingerprint density at radius 2 is 2.18 bits per heavy atom. The second-order valence-corrected chi connectivity index (χ2v) is 5.64. The summed E-state index contributed by atoms with van der Waals surface area (Å²) in [5.41, 5.74) is 1.80. The van der Waals surface area contributed by atoms with E-state index in [1.54, 1.807) is 18.4 Å². The van der Waals surface area contributed by atoms with Crippen LogP contribution in [0.2, 0.25) is 0 Å². The van der Waals surface area contributed by atoms with E-state index in [2.05, 4.69) is 5.32 Å². The summed E-state index contributed by atoms with van der Waals surface area (Å²) < 4.78 is 4.99. The molecule has 1 aromatic heterocycles. The highest BCUT2D eigenvalue weighted by atomic mass is 32.1. The molecule has 1 heterocycles. The quantitative estimate of drug-likeness (QED) is 0.824. The van der Waals surface area contributed by atoms with Gasteiger partial charge in [0, 0.05) is 30.8 Å². The van der Waals surface area contributed by atoms with Crippen molar-refractivity contribution in [3.8, 4) is 10.4 Å². The Kier molecular flexibility index (Phi) is 6.39. The monoisotopic (exact) mass is 320 g/mol. The zero-order valence-corrected chi connectivity index (χ0v) is 13.3. The predicted octanol–water partition coefficient (Wildman–Crippen LogP) is 2.89. The Balaban J connectivity index is 2.05. The van der Waals surface area contributed by atoms with Crippen LogP contribution in [-0.4, -0.2) is 49.5 Å². The number of thiophene rings is 1. The lowest BCUT2D eigenvalue weighted by Crippen LogP contribution is -2.39. The molecule has 0 atom stereocenters. The highest BCUT2D eigenvalue weighted by Crippen LogP contribution is 2.26. The fourth-order valence-corrected chi connectivity index (χ4v) is 2.76. The van der Waals surface area contributed by atoms with Gasteiger partial charge >= 0.3 is 6.03 Å². The van der Waals surface area contributed by atoms with Gasteiger partial charge in [0.25, 0.3) is 0 Å². The Morgan fingerprint density at radius 1 is 1.32 bits per heavy atom. The van der Waals surface area contributed by atoms with Gasteiger partial charge < -0.3 is 20.1 Å². The Hall–Kier alpha value is -1.89. The van der Waals surface area contributed by atoms with E-state index < -0.39 is 0 Å². The molecule has 0 unspecified atom stereocenters. The van der Waals surface area contributed by atoms with Crippen molar-refractivity contribution in [1.82, 2.24) is 4.90 Å². The maximum atomic E-state index is 12.3. The number of urea groups is 1. The zero-order chi connectivity index (χ0) is 15.8. The van der Waals surface area contributed by atoms with Crippen LogP contribution in [0, 0.1) is 0 Å². The molecule has 0 bridgehead atoms. The molecule has 2 aromatic rings. The van der Waals surface area contributed by atoms with E-state index in [9.17, 15) is 4.79 Å². The van der Waals surface area contributed by atoms with Crippen LogP contribution in [-0.2, 0) is 4.74 Å². The van der Waals surface area contributed by atoms with Crippen molar-refractivity contribution in [2.24, 2.45) is 0 Å². The Morgan fingerprint density at radius 3 is 2.86 bits per heavy atom. The number of carbonyl (C=O) groups is 1. The summed E-state index contributed by atoms with van der Waals surface area (Å²) in [7, 11) is 1.58. The van der Waals surface area contributed by atoms with Crippen LogP contribution < -0.4 is 5.32 Å². The molecule has 6 heteroatoms. The largest absolute Gasteiger partial charge is 0.395 e. The molecule has 0 spiro atoms. The van der Waals surface area contributed by atoms with Crippen LogP contribution in [0.3, 0.4) is 0 Å². The van der Waals surface area contributed by atoms with Gasteiger partial charge in [-0.25, -0.2) is 4.79 Å². The number of hydrogen-bond acceptors (Lipinski definition) is 4. The maximum absolute atomic E-state index is 12.3. The average molecular weight is 320 g/mol. The molecule has 0 saturated heterocycles. The van der Waals surface area contributed by atoms with Crippen molar-refractivity contribution < 1.29 is 14.6 Å². The minimum Gasteiger partial charge on any atom is -0.395 e. The lowest BCUT2D eigenvalue weighted by atomic mass is 10.1. The summed E-state index contributed by atoms with van der Waals surface area (Å²) >= 11 is 1.66. The van der Waals surface area contributed by atoms with Gasteiger partial charge in [-0.1, -0.05) is 18.2 Å². The second-order valence-electron chi connectivity index (χ2n) is 4.69. The van der Waals surface area contributed by atoms with Crippen LogP contribution in [0.1, 0.15) is 0 Å². The van der Waals surface area contributed by atoms with Crippen molar-refractivity contribution >= 4 is 23.1 Å². The summed E-state index contributed by atoms with van der Waals surface area (Å²) in [5.74, 6) is 0. The maximum Gasteiger partial charge on any atom is 0.321 e. The number of anilines is 1. The van der Waals surface area contributed by atoms with Crippen LogP contribution in [0.4, 0.5) is 10.5 Å². The molecular weight excluding hydrogens is 300 g/mol. The fraction of sp³-hybridized carbons (Fsp3) is 0.312. The third-order valence-electron chi connectivity index (χ3n) is 3.14. The number of amides is 2. The van der Waals surface area contributed by atoms with E-state index >= 15 is 0 Å². The van der Waals surface area contributed by atoms with Crippen molar-refractivity contribution in [2.75, 3.05) is 38.7 Å². The molecule has 0 aliphatic heterocycles. The van der Waals surface area contributed by atoms with E-state index in [-0.39, 0.29) is 19.2 Å². The zero-order valence-electron chi connectivity index (χ0n) is 12.5. The number of nitrogens with one attached hydrogen (secondary N) is 1. The van der Waals surface area contributed by atoms with E-state index in [0.29, 0.717) is 13.2 Å². The highest BCUT2D eigenvalue weighted by Gasteiger charge is 2.13. The van der Waals surface area contributed by atoms with Gasteiger partial charge in [0.1, 0.15) is 0 Å². The first-order chi connectivity index (χ1) is 10.7. The first kappa shape index (κ1) is 16.5. The first-order valence-corrected chi connectivity index (χ1v) is 7.92. The predicted molar refractivity (Wildman–Crippen MR) is 89.3 cm³/mol. The first-order valence-electron chi connectivity index (χ1n) is 7.04. The fourth-order valence-electron chi connectivity index (χ4n) is 2.03. The molecule has 2 N–H and O–H groups in total. The van der Waals surface area contributed by atoms with Crippen molar-refractivity contribution in [2.45, 2.75) is 0 Å². The number of methoxy groups -OCH3 is 1. The number of rotatable bonds is 7. The lowest BCUT2D eigenvalue weighted by Gasteiger charge is -2.22. The SMILES string of the molecule is COCCN(CCO)C(=O)Nc1cccc(-c2cccs2)c1. The van der Waals surface area contributed by atoms with E-state index in [0.717, 1.165) is 16.1 Å². The molecule has 2 amide bonds. The molecule has 118 valence electrons. The summed E-state index contributed by atoms with van der Waals surface area (Å²) in [4.78, 5) is 14.9. The normalized spacial score (nSPS) is 10.5. The molecule has 22 heavy (non-hydrogen) atoms. The molecule has 0 radical (unpaired) electrons. The number of aliphatic hydroxyl groups is 1. The van der Waals surface area contributed by atoms with Gasteiger partial charge in [-0.05, 0) is 29.1 Å². The number of benzene rings is 1. The number of ether oxygens (including phenoxy) is 1.